The Labute approximate surface area is 120 Å². The van der Waals surface area contributed by atoms with Gasteiger partial charge < -0.3 is 4.74 Å². The van der Waals surface area contributed by atoms with Crippen molar-refractivity contribution in [3.05, 3.63) is 53.1 Å². The second-order valence-electron chi connectivity index (χ2n) is 4.10. The van der Waals surface area contributed by atoms with E-state index in [-0.39, 0.29) is 11.3 Å². The lowest BCUT2D eigenvalue weighted by Crippen LogP contribution is -2.16. The molecule has 0 radical (unpaired) electrons. The largest absolute Gasteiger partial charge is 0.573 e. The highest BCUT2D eigenvalue weighted by molar-refractivity contribution is 7.20. The molecule has 4 nitrogen and oxygen atoms in total. The molecule has 3 rings (SSSR count). The number of ether oxygens (including phenoxy) is 1. The fourth-order valence-corrected chi connectivity index (χ4v) is 2.76. The molecule has 0 saturated heterocycles. The number of nitrogens with zero attached hydrogens (tertiary/aromatic N) is 2. The van der Waals surface area contributed by atoms with Gasteiger partial charge >= 0.3 is 6.36 Å². The predicted octanol–water partition coefficient (Wildman–Crippen LogP) is 3.32. The first kappa shape index (κ1) is 13.6. The Balaban J connectivity index is 1.96. The van der Waals surface area contributed by atoms with E-state index in [2.05, 4.69) is 9.72 Å². The molecule has 0 amide bonds. The summed E-state index contributed by atoms with van der Waals surface area (Å²) in [5.41, 5.74) is 0.471. The molecule has 8 heteroatoms. The van der Waals surface area contributed by atoms with E-state index in [1.165, 1.54) is 52.3 Å². The number of alkyl halides is 3. The highest BCUT2D eigenvalue weighted by Gasteiger charge is 2.30. The summed E-state index contributed by atoms with van der Waals surface area (Å²) in [5, 5.41) is 0. The third-order valence-electron chi connectivity index (χ3n) is 2.67. The number of hydrogen-bond donors (Lipinski definition) is 0. The highest BCUT2D eigenvalue weighted by atomic mass is 32.1. The van der Waals surface area contributed by atoms with Crippen LogP contribution in [0.4, 0.5) is 13.2 Å². The van der Waals surface area contributed by atoms with E-state index in [1.807, 2.05) is 0 Å². The molecule has 0 bridgehead atoms. The highest BCUT2D eigenvalue weighted by Crippen LogP contribution is 2.30. The van der Waals surface area contributed by atoms with Gasteiger partial charge in [-0.25, -0.2) is 4.98 Å². The Morgan fingerprint density at radius 3 is 2.48 bits per heavy atom. The lowest BCUT2D eigenvalue weighted by molar-refractivity contribution is -0.274. The van der Waals surface area contributed by atoms with E-state index in [9.17, 15) is 18.0 Å². The third-order valence-corrected chi connectivity index (χ3v) is 3.71. The zero-order chi connectivity index (χ0) is 15.0. The van der Waals surface area contributed by atoms with Gasteiger partial charge in [0, 0.05) is 18.5 Å². The van der Waals surface area contributed by atoms with Crippen molar-refractivity contribution >= 4 is 16.3 Å². The van der Waals surface area contributed by atoms with Crippen LogP contribution < -0.4 is 10.3 Å². The topological polar surface area (TPSA) is 43.6 Å². The molecule has 21 heavy (non-hydrogen) atoms. The molecule has 0 N–H and O–H groups in total. The minimum Gasteiger partial charge on any atom is -0.406 e. The number of halogens is 3. The normalized spacial score (nSPS) is 11.8. The molecule has 2 heterocycles. The monoisotopic (exact) mass is 312 g/mol. The van der Waals surface area contributed by atoms with E-state index in [4.69, 9.17) is 0 Å². The van der Waals surface area contributed by atoms with Crippen molar-refractivity contribution in [3.63, 3.8) is 0 Å². The molecule has 108 valence electrons. The van der Waals surface area contributed by atoms with Crippen molar-refractivity contribution in [2.75, 3.05) is 0 Å². The number of hydrogen-bond acceptors (Lipinski definition) is 4. The van der Waals surface area contributed by atoms with E-state index >= 15 is 0 Å². The van der Waals surface area contributed by atoms with Crippen LogP contribution in [0, 0.1) is 0 Å². The summed E-state index contributed by atoms with van der Waals surface area (Å²) in [7, 11) is 0. The number of fused-ring (bicyclic) bond motifs is 1. The maximum absolute atomic E-state index is 12.1. The lowest BCUT2D eigenvalue weighted by Gasteiger charge is -2.08. The maximum atomic E-state index is 12.1. The first-order valence-corrected chi connectivity index (χ1v) is 6.57. The molecule has 3 aromatic rings. The van der Waals surface area contributed by atoms with Crippen molar-refractivity contribution in [2.24, 2.45) is 0 Å². The minimum atomic E-state index is -4.71. The molecule has 0 fully saturated rings. The fourth-order valence-electron chi connectivity index (χ4n) is 1.79. The molecule has 0 aliphatic rings. The number of benzene rings is 1. The van der Waals surface area contributed by atoms with Crippen LogP contribution in [0.5, 0.6) is 5.75 Å². The average molecular weight is 312 g/mol. The first-order chi connectivity index (χ1) is 9.92. The quantitative estimate of drug-likeness (QED) is 0.729. The first-order valence-electron chi connectivity index (χ1n) is 5.76. The van der Waals surface area contributed by atoms with Gasteiger partial charge in [-0.2, -0.15) is 0 Å². The van der Waals surface area contributed by atoms with Gasteiger partial charge in [-0.3, -0.25) is 9.20 Å². The lowest BCUT2D eigenvalue weighted by atomic mass is 10.2. The van der Waals surface area contributed by atoms with E-state index in [1.54, 1.807) is 6.20 Å². The maximum Gasteiger partial charge on any atom is 0.573 e. The van der Waals surface area contributed by atoms with E-state index in [0.717, 1.165) is 4.88 Å². The zero-order valence-corrected chi connectivity index (χ0v) is 11.1. The fraction of sp³-hybridized carbons (Fsp3) is 0.0769. The van der Waals surface area contributed by atoms with E-state index < -0.39 is 6.36 Å². The van der Waals surface area contributed by atoms with Gasteiger partial charge in [0.25, 0.3) is 5.56 Å². The summed E-state index contributed by atoms with van der Waals surface area (Å²) in [6, 6.07) is 6.78. The van der Waals surface area contributed by atoms with Crippen molar-refractivity contribution < 1.29 is 17.9 Å². The number of thiazole rings is 1. The van der Waals surface area contributed by atoms with Gasteiger partial charge in [0.1, 0.15) is 5.75 Å². The summed E-state index contributed by atoms with van der Waals surface area (Å²) in [5.74, 6) is -0.289. The number of rotatable bonds is 2. The Hall–Kier alpha value is -2.35. The summed E-state index contributed by atoms with van der Waals surface area (Å²) in [6.07, 6.45) is -1.69. The summed E-state index contributed by atoms with van der Waals surface area (Å²) < 4.78 is 41.4. The van der Waals surface area contributed by atoms with Crippen molar-refractivity contribution in [1.82, 2.24) is 9.38 Å². The third kappa shape index (κ3) is 2.89. The zero-order valence-electron chi connectivity index (χ0n) is 10.3. The summed E-state index contributed by atoms with van der Waals surface area (Å²) in [4.78, 5) is 16.9. The minimum absolute atomic E-state index is 0.209. The molecule has 0 aliphatic heterocycles. The van der Waals surface area contributed by atoms with Gasteiger partial charge in [0.15, 0.2) is 4.96 Å². The Bertz CT molecular complexity index is 837. The standard InChI is InChI=1S/C13H7F3N2O2S/c14-13(15,16)20-9-3-1-8(2-4-9)10-7-18-11(19)5-6-17-12(18)21-10/h1-7H. The van der Waals surface area contributed by atoms with Gasteiger partial charge in [-0.15, -0.1) is 13.2 Å². The molecule has 0 saturated carbocycles. The van der Waals surface area contributed by atoms with Crippen LogP contribution in [0.2, 0.25) is 0 Å². The van der Waals surface area contributed by atoms with Crippen LogP contribution in [-0.4, -0.2) is 15.7 Å². The Kier molecular flexibility index (Phi) is 3.17. The molecular formula is C13H7F3N2O2S. The van der Waals surface area contributed by atoms with Crippen LogP contribution in [0.25, 0.3) is 15.4 Å². The van der Waals surface area contributed by atoms with Crippen molar-refractivity contribution in [1.29, 1.82) is 0 Å². The van der Waals surface area contributed by atoms with Crippen LogP contribution in [0.3, 0.4) is 0 Å². The van der Waals surface area contributed by atoms with Crippen LogP contribution in [-0.2, 0) is 0 Å². The Morgan fingerprint density at radius 2 is 1.86 bits per heavy atom. The van der Waals surface area contributed by atoms with Crippen LogP contribution in [0.15, 0.2) is 47.5 Å². The van der Waals surface area contributed by atoms with Crippen molar-refractivity contribution in [2.45, 2.75) is 6.36 Å². The van der Waals surface area contributed by atoms with E-state index in [0.29, 0.717) is 10.5 Å². The molecule has 0 atom stereocenters. The van der Waals surface area contributed by atoms with Gasteiger partial charge in [-0.05, 0) is 29.8 Å². The smallest absolute Gasteiger partial charge is 0.406 e. The SMILES string of the molecule is O=c1ccnc2sc(-c3ccc(OC(F)(F)F)cc3)cn12. The van der Waals surface area contributed by atoms with Crippen molar-refractivity contribution in [3.8, 4) is 16.2 Å². The summed E-state index contributed by atoms with van der Waals surface area (Å²) in [6.45, 7) is 0. The molecular weight excluding hydrogens is 305 g/mol. The second-order valence-corrected chi connectivity index (χ2v) is 5.11. The van der Waals surface area contributed by atoms with Crippen LogP contribution in [0.1, 0.15) is 0 Å². The Morgan fingerprint density at radius 1 is 1.14 bits per heavy atom. The molecule has 0 spiro atoms. The average Bonchev–Trinajstić information content (AvgIpc) is 2.83. The predicted molar refractivity (Wildman–Crippen MR) is 71.5 cm³/mol. The molecule has 0 aliphatic carbocycles. The van der Waals surface area contributed by atoms with Crippen LogP contribution >= 0.6 is 11.3 Å². The molecule has 2 aromatic heterocycles. The van der Waals surface area contributed by atoms with Gasteiger partial charge in [0.2, 0.25) is 0 Å². The van der Waals surface area contributed by atoms with Gasteiger partial charge in [-0.1, -0.05) is 11.3 Å². The van der Waals surface area contributed by atoms with Gasteiger partial charge in [0.05, 0.1) is 4.88 Å². The second kappa shape index (κ2) is 4.88. The number of aromatic nitrogens is 2. The molecule has 0 unspecified atom stereocenters. The summed E-state index contributed by atoms with van der Waals surface area (Å²) >= 11 is 1.27. The molecule has 1 aromatic carbocycles.